The predicted octanol–water partition coefficient (Wildman–Crippen LogP) is 3.97. The minimum absolute atomic E-state index is 0.225. The standard InChI is InChI=1S/C18H22N2/c1-13-9-10-17(12-20-13)18(19-2)16-8-4-7-15(11-16)14-5-3-6-14/h4,7-12,14,18-19H,3,5-6H2,1-2H3. The Morgan fingerprint density at radius 2 is 2.00 bits per heavy atom. The highest BCUT2D eigenvalue weighted by molar-refractivity contribution is 5.35. The fourth-order valence-corrected chi connectivity index (χ4v) is 2.91. The highest BCUT2D eigenvalue weighted by Gasteiger charge is 2.20. The Bertz CT molecular complexity index is 570. The van der Waals surface area contributed by atoms with Gasteiger partial charge >= 0.3 is 0 Å². The molecule has 1 aliphatic rings. The van der Waals surface area contributed by atoms with Gasteiger partial charge in [0.15, 0.2) is 0 Å². The van der Waals surface area contributed by atoms with Crippen molar-refractivity contribution in [2.75, 3.05) is 7.05 Å². The third kappa shape index (κ3) is 2.61. The summed E-state index contributed by atoms with van der Waals surface area (Å²) in [5, 5.41) is 3.42. The zero-order valence-electron chi connectivity index (χ0n) is 12.3. The van der Waals surface area contributed by atoms with Gasteiger partial charge in [-0.25, -0.2) is 0 Å². The van der Waals surface area contributed by atoms with Gasteiger partial charge in [0.2, 0.25) is 0 Å². The van der Waals surface area contributed by atoms with Gasteiger partial charge in [-0.3, -0.25) is 4.98 Å². The lowest BCUT2D eigenvalue weighted by Gasteiger charge is -2.27. The van der Waals surface area contributed by atoms with Crippen molar-refractivity contribution >= 4 is 0 Å². The Kier molecular flexibility index (Phi) is 3.83. The molecule has 104 valence electrons. The molecule has 0 spiro atoms. The van der Waals surface area contributed by atoms with Crippen molar-refractivity contribution < 1.29 is 0 Å². The molecular formula is C18H22N2. The van der Waals surface area contributed by atoms with E-state index in [9.17, 15) is 0 Å². The van der Waals surface area contributed by atoms with Gasteiger partial charge in [-0.15, -0.1) is 0 Å². The fourth-order valence-electron chi connectivity index (χ4n) is 2.91. The summed E-state index contributed by atoms with van der Waals surface area (Å²) in [6.45, 7) is 2.02. The van der Waals surface area contributed by atoms with Crippen molar-refractivity contribution in [3.05, 3.63) is 65.0 Å². The molecule has 1 atom stereocenters. The molecule has 1 fully saturated rings. The second kappa shape index (κ2) is 5.76. The summed E-state index contributed by atoms with van der Waals surface area (Å²) in [5.41, 5.74) is 5.12. The smallest absolute Gasteiger partial charge is 0.0589 e. The summed E-state index contributed by atoms with van der Waals surface area (Å²) in [6, 6.07) is 13.5. The van der Waals surface area contributed by atoms with Crippen LogP contribution in [0.15, 0.2) is 42.6 Å². The summed E-state index contributed by atoms with van der Waals surface area (Å²) in [7, 11) is 2.01. The van der Waals surface area contributed by atoms with Gasteiger partial charge in [0.1, 0.15) is 0 Å². The van der Waals surface area contributed by atoms with Crippen molar-refractivity contribution in [2.24, 2.45) is 0 Å². The van der Waals surface area contributed by atoms with Gasteiger partial charge in [0, 0.05) is 11.9 Å². The number of aryl methyl sites for hydroxylation is 1. The summed E-state index contributed by atoms with van der Waals surface area (Å²) < 4.78 is 0. The van der Waals surface area contributed by atoms with E-state index in [0.29, 0.717) is 0 Å². The molecule has 0 amide bonds. The number of nitrogens with one attached hydrogen (secondary N) is 1. The molecule has 1 unspecified atom stereocenters. The molecule has 1 aromatic heterocycles. The number of aromatic nitrogens is 1. The van der Waals surface area contributed by atoms with Crippen molar-refractivity contribution in [3.8, 4) is 0 Å². The number of hydrogen-bond acceptors (Lipinski definition) is 2. The Balaban J connectivity index is 1.90. The van der Waals surface area contributed by atoms with Crippen molar-refractivity contribution in [1.29, 1.82) is 0 Å². The van der Waals surface area contributed by atoms with Crippen LogP contribution in [-0.2, 0) is 0 Å². The van der Waals surface area contributed by atoms with E-state index in [-0.39, 0.29) is 6.04 Å². The summed E-state index contributed by atoms with van der Waals surface area (Å²) >= 11 is 0. The predicted molar refractivity (Wildman–Crippen MR) is 82.9 cm³/mol. The molecule has 2 nitrogen and oxygen atoms in total. The van der Waals surface area contributed by atoms with Crippen LogP contribution in [0, 0.1) is 6.92 Å². The van der Waals surface area contributed by atoms with Crippen LogP contribution in [-0.4, -0.2) is 12.0 Å². The van der Waals surface area contributed by atoms with Crippen molar-refractivity contribution in [2.45, 2.75) is 38.1 Å². The number of benzene rings is 1. The average Bonchev–Trinajstić information content (AvgIpc) is 2.40. The van der Waals surface area contributed by atoms with Crippen LogP contribution in [0.4, 0.5) is 0 Å². The van der Waals surface area contributed by atoms with Gasteiger partial charge in [-0.05, 0) is 55.5 Å². The molecule has 2 aromatic rings. The van der Waals surface area contributed by atoms with Gasteiger partial charge in [0.25, 0.3) is 0 Å². The first-order valence-corrected chi connectivity index (χ1v) is 7.47. The van der Waals surface area contributed by atoms with Gasteiger partial charge in [-0.1, -0.05) is 36.8 Å². The van der Waals surface area contributed by atoms with Crippen LogP contribution in [0.25, 0.3) is 0 Å². The maximum Gasteiger partial charge on any atom is 0.0589 e. The number of nitrogens with zero attached hydrogens (tertiary/aromatic N) is 1. The van der Waals surface area contributed by atoms with Crippen LogP contribution >= 0.6 is 0 Å². The molecule has 20 heavy (non-hydrogen) atoms. The van der Waals surface area contributed by atoms with E-state index in [1.54, 1.807) is 0 Å². The molecule has 0 saturated heterocycles. The van der Waals surface area contributed by atoms with Crippen molar-refractivity contribution in [3.63, 3.8) is 0 Å². The average molecular weight is 266 g/mol. The molecule has 0 aliphatic heterocycles. The Morgan fingerprint density at radius 3 is 2.60 bits per heavy atom. The zero-order chi connectivity index (χ0) is 13.9. The maximum atomic E-state index is 4.42. The summed E-state index contributed by atoms with van der Waals surface area (Å²) in [5.74, 6) is 0.781. The lowest BCUT2D eigenvalue weighted by atomic mass is 9.79. The maximum absolute atomic E-state index is 4.42. The topological polar surface area (TPSA) is 24.9 Å². The van der Waals surface area contributed by atoms with E-state index in [1.807, 2.05) is 20.2 Å². The summed E-state index contributed by atoms with van der Waals surface area (Å²) in [4.78, 5) is 4.42. The van der Waals surface area contributed by atoms with Crippen LogP contribution in [0.3, 0.4) is 0 Å². The monoisotopic (exact) mass is 266 g/mol. The minimum Gasteiger partial charge on any atom is -0.309 e. The molecule has 2 heteroatoms. The van der Waals surface area contributed by atoms with Crippen molar-refractivity contribution in [1.82, 2.24) is 10.3 Å². The first kappa shape index (κ1) is 13.3. The van der Waals surface area contributed by atoms with E-state index >= 15 is 0 Å². The normalized spacial score (nSPS) is 16.7. The third-order valence-corrected chi connectivity index (χ3v) is 4.38. The summed E-state index contributed by atoms with van der Waals surface area (Å²) in [6.07, 6.45) is 6.05. The largest absolute Gasteiger partial charge is 0.309 e. The molecule has 1 N–H and O–H groups in total. The molecular weight excluding hydrogens is 244 g/mol. The van der Waals surface area contributed by atoms with Crippen LogP contribution in [0.1, 0.15) is 53.6 Å². The molecule has 0 bridgehead atoms. The molecule has 1 saturated carbocycles. The lowest BCUT2D eigenvalue weighted by molar-refractivity contribution is 0.419. The van der Waals surface area contributed by atoms with Crippen LogP contribution in [0.5, 0.6) is 0 Å². The molecule has 1 heterocycles. The van der Waals surface area contributed by atoms with Gasteiger partial charge < -0.3 is 5.32 Å². The lowest BCUT2D eigenvalue weighted by Crippen LogP contribution is -2.18. The molecule has 3 rings (SSSR count). The second-order valence-corrected chi connectivity index (χ2v) is 5.75. The minimum atomic E-state index is 0.225. The van der Waals surface area contributed by atoms with E-state index in [2.05, 4.69) is 46.7 Å². The molecule has 1 aromatic carbocycles. The van der Waals surface area contributed by atoms with E-state index < -0.39 is 0 Å². The number of rotatable bonds is 4. The molecule has 1 aliphatic carbocycles. The Labute approximate surface area is 121 Å². The number of hydrogen-bond donors (Lipinski definition) is 1. The molecule has 0 radical (unpaired) electrons. The second-order valence-electron chi connectivity index (χ2n) is 5.75. The van der Waals surface area contributed by atoms with Gasteiger partial charge in [-0.2, -0.15) is 0 Å². The third-order valence-electron chi connectivity index (χ3n) is 4.38. The first-order valence-electron chi connectivity index (χ1n) is 7.47. The van der Waals surface area contributed by atoms with E-state index in [0.717, 1.165) is 11.6 Å². The first-order chi connectivity index (χ1) is 9.78. The highest BCUT2D eigenvalue weighted by atomic mass is 14.9. The highest BCUT2D eigenvalue weighted by Crippen LogP contribution is 2.37. The SMILES string of the molecule is CNC(c1ccc(C)nc1)c1cccc(C2CCC2)c1. The van der Waals surface area contributed by atoms with Crippen LogP contribution < -0.4 is 5.32 Å². The van der Waals surface area contributed by atoms with E-state index in [1.165, 1.54) is 36.0 Å². The van der Waals surface area contributed by atoms with Crippen LogP contribution in [0.2, 0.25) is 0 Å². The fraction of sp³-hybridized carbons (Fsp3) is 0.389. The van der Waals surface area contributed by atoms with Gasteiger partial charge in [0.05, 0.1) is 6.04 Å². The Morgan fingerprint density at radius 1 is 1.15 bits per heavy atom. The number of pyridine rings is 1. The quantitative estimate of drug-likeness (QED) is 0.906. The Hall–Kier alpha value is -1.67. The zero-order valence-corrected chi connectivity index (χ0v) is 12.3. The van der Waals surface area contributed by atoms with E-state index in [4.69, 9.17) is 0 Å².